The molecule has 2 heterocycles. The SMILES string of the molecule is CC(C)c1cccc(C(C)C)c1NC(=O)CN1CCN(c2ccc(C(F)(F)F)cn2)CC1. The van der Waals surface area contributed by atoms with Crippen molar-refractivity contribution < 1.29 is 18.0 Å². The zero-order chi connectivity index (χ0) is 23.5. The average Bonchev–Trinajstić information content (AvgIpc) is 2.73. The van der Waals surface area contributed by atoms with Gasteiger partial charge in [-0.05, 0) is 35.1 Å². The molecule has 0 aliphatic carbocycles. The molecule has 1 N–H and O–H groups in total. The molecule has 0 atom stereocenters. The molecule has 5 nitrogen and oxygen atoms in total. The molecule has 1 aliphatic rings. The monoisotopic (exact) mass is 448 g/mol. The van der Waals surface area contributed by atoms with E-state index in [2.05, 4.69) is 55.0 Å². The van der Waals surface area contributed by atoms with Crippen LogP contribution in [0.5, 0.6) is 0 Å². The van der Waals surface area contributed by atoms with Gasteiger partial charge in [-0.25, -0.2) is 4.98 Å². The maximum absolute atomic E-state index is 12.8. The molecule has 1 aliphatic heterocycles. The van der Waals surface area contributed by atoms with Crippen LogP contribution >= 0.6 is 0 Å². The van der Waals surface area contributed by atoms with Crippen molar-refractivity contribution in [3.05, 3.63) is 53.2 Å². The molecule has 0 radical (unpaired) electrons. The standard InChI is InChI=1S/C24H31F3N4O/c1-16(2)19-6-5-7-20(17(3)4)23(19)29-22(32)15-30-10-12-31(13-11-30)21-9-8-18(14-28-21)24(25,26)27/h5-9,14,16-17H,10-13,15H2,1-4H3,(H,29,32). The summed E-state index contributed by atoms with van der Waals surface area (Å²) >= 11 is 0. The number of alkyl halides is 3. The molecule has 0 bridgehead atoms. The molecule has 0 saturated carbocycles. The van der Waals surface area contributed by atoms with Crippen molar-refractivity contribution in [2.75, 3.05) is 42.9 Å². The van der Waals surface area contributed by atoms with Crippen molar-refractivity contribution in [2.45, 2.75) is 45.7 Å². The van der Waals surface area contributed by atoms with Crippen molar-refractivity contribution in [1.29, 1.82) is 0 Å². The lowest BCUT2D eigenvalue weighted by atomic mass is 9.92. The summed E-state index contributed by atoms with van der Waals surface area (Å²) in [5.74, 6) is 1.06. The van der Waals surface area contributed by atoms with E-state index >= 15 is 0 Å². The Hall–Kier alpha value is -2.61. The van der Waals surface area contributed by atoms with Crippen LogP contribution in [0, 0.1) is 0 Å². The first kappa shape index (κ1) is 24.0. The van der Waals surface area contributed by atoms with Crippen LogP contribution in [0.4, 0.5) is 24.7 Å². The van der Waals surface area contributed by atoms with E-state index in [-0.39, 0.29) is 12.5 Å². The predicted molar refractivity (Wildman–Crippen MR) is 121 cm³/mol. The Kier molecular flexibility index (Phi) is 7.44. The first-order valence-electron chi connectivity index (χ1n) is 11.0. The first-order chi connectivity index (χ1) is 15.1. The molecular formula is C24H31F3N4O. The van der Waals surface area contributed by atoms with E-state index in [1.54, 1.807) is 0 Å². The summed E-state index contributed by atoms with van der Waals surface area (Å²) in [5, 5.41) is 3.14. The fourth-order valence-corrected chi connectivity index (χ4v) is 3.95. The van der Waals surface area contributed by atoms with Crippen molar-refractivity contribution in [3.63, 3.8) is 0 Å². The molecule has 0 spiro atoms. The second-order valence-electron chi connectivity index (χ2n) is 8.84. The van der Waals surface area contributed by atoms with Crippen LogP contribution in [0.2, 0.25) is 0 Å². The predicted octanol–water partition coefficient (Wildman–Crippen LogP) is 5.11. The van der Waals surface area contributed by atoms with Gasteiger partial charge in [0.1, 0.15) is 5.82 Å². The summed E-state index contributed by atoms with van der Waals surface area (Å²) in [4.78, 5) is 20.8. The van der Waals surface area contributed by atoms with Gasteiger partial charge in [0.05, 0.1) is 12.1 Å². The topological polar surface area (TPSA) is 48.5 Å². The Balaban J connectivity index is 1.59. The summed E-state index contributed by atoms with van der Waals surface area (Å²) in [6.45, 7) is 11.2. The van der Waals surface area contributed by atoms with E-state index in [9.17, 15) is 18.0 Å². The van der Waals surface area contributed by atoms with Gasteiger partial charge in [-0.1, -0.05) is 45.9 Å². The Morgan fingerprint density at radius 3 is 2.06 bits per heavy atom. The summed E-state index contributed by atoms with van der Waals surface area (Å²) in [6, 6.07) is 8.61. The second kappa shape index (κ2) is 9.90. The summed E-state index contributed by atoms with van der Waals surface area (Å²) in [5.41, 5.74) is 2.42. The smallest absolute Gasteiger partial charge is 0.354 e. The molecule has 1 saturated heterocycles. The number of hydrogen-bond donors (Lipinski definition) is 1. The summed E-state index contributed by atoms with van der Waals surface area (Å²) in [7, 11) is 0. The molecular weight excluding hydrogens is 417 g/mol. The second-order valence-corrected chi connectivity index (χ2v) is 8.84. The number of pyridine rings is 1. The summed E-state index contributed by atoms with van der Waals surface area (Å²) in [6.07, 6.45) is -3.52. The van der Waals surface area contributed by atoms with Gasteiger partial charge in [0.25, 0.3) is 0 Å². The van der Waals surface area contributed by atoms with Crippen molar-refractivity contribution >= 4 is 17.4 Å². The number of carbonyl (C=O) groups excluding carboxylic acids is 1. The molecule has 3 rings (SSSR count). The number of benzene rings is 1. The number of rotatable bonds is 6. The highest BCUT2D eigenvalue weighted by atomic mass is 19.4. The van der Waals surface area contributed by atoms with E-state index in [1.165, 1.54) is 6.07 Å². The number of carbonyl (C=O) groups is 1. The van der Waals surface area contributed by atoms with Crippen LogP contribution in [0.15, 0.2) is 36.5 Å². The molecule has 0 unspecified atom stereocenters. The van der Waals surface area contributed by atoms with Gasteiger partial charge < -0.3 is 10.2 Å². The molecule has 1 aromatic heterocycles. The fraction of sp³-hybridized carbons (Fsp3) is 0.500. The van der Waals surface area contributed by atoms with Crippen molar-refractivity contribution in [2.24, 2.45) is 0 Å². The third kappa shape index (κ3) is 5.79. The quantitative estimate of drug-likeness (QED) is 0.667. The fourth-order valence-electron chi connectivity index (χ4n) is 3.95. The number of nitrogens with zero attached hydrogens (tertiary/aromatic N) is 3. The number of piperazine rings is 1. The van der Waals surface area contributed by atoms with E-state index in [4.69, 9.17) is 0 Å². The van der Waals surface area contributed by atoms with Crippen LogP contribution in [0.25, 0.3) is 0 Å². The van der Waals surface area contributed by atoms with E-state index in [1.807, 2.05) is 11.0 Å². The number of nitrogens with one attached hydrogen (secondary N) is 1. The largest absolute Gasteiger partial charge is 0.417 e. The van der Waals surface area contributed by atoms with Gasteiger partial charge in [-0.15, -0.1) is 0 Å². The lowest BCUT2D eigenvalue weighted by Crippen LogP contribution is -2.49. The number of hydrogen-bond acceptors (Lipinski definition) is 4. The van der Waals surface area contributed by atoms with Crippen LogP contribution in [-0.4, -0.2) is 48.5 Å². The molecule has 8 heteroatoms. The van der Waals surface area contributed by atoms with Gasteiger partial charge >= 0.3 is 6.18 Å². The first-order valence-corrected chi connectivity index (χ1v) is 11.0. The van der Waals surface area contributed by atoms with Gasteiger partial charge in [0.15, 0.2) is 0 Å². The van der Waals surface area contributed by atoms with E-state index in [0.717, 1.165) is 29.1 Å². The number of halogens is 3. The maximum Gasteiger partial charge on any atom is 0.417 e. The lowest BCUT2D eigenvalue weighted by Gasteiger charge is -2.35. The Morgan fingerprint density at radius 2 is 1.59 bits per heavy atom. The zero-order valence-electron chi connectivity index (χ0n) is 19.0. The van der Waals surface area contributed by atoms with Crippen LogP contribution in [0.3, 0.4) is 0 Å². The minimum atomic E-state index is -4.39. The lowest BCUT2D eigenvalue weighted by molar-refractivity contribution is -0.137. The number of para-hydroxylation sites is 1. The third-order valence-corrected chi connectivity index (χ3v) is 5.78. The Morgan fingerprint density at radius 1 is 1.00 bits per heavy atom. The summed E-state index contributed by atoms with van der Waals surface area (Å²) < 4.78 is 38.2. The van der Waals surface area contributed by atoms with Gasteiger partial charge in [0, 0.05) is 38.1 Å². The molecule has 1 fully saturated rings. The molecule has 174 valence electrons. The molecule has 1 amide bonds. The number of amides is 1. The van der Waals surface area contributed by atoms with Crippen molar-refractivity contribution in [1.82, 2.24) is 9.88 Å². The Labute approximate surface area is 187 Å². The highest BCUT2D eigenvalue weighted by molar-refractivity contribution is 5.94. The number of anilines is 2. The zero-order valence-corrected chi connectivity index (χ0v) is 19.0. The maximum atomic E-state index is 12.8. The highest BCUT2D eigenvalue weighted by Crippen LogP contribution is 2.32. The Bertz CT molecular complexity index is 892. The normalized spacial score (nSPS) is 15.5. The minimum absolute atomic E-state index is 0.0545. The third-order valence-electron chi connectivity index (χ3n) is 5.78. The molecule has 1 aromatic carbocycles. The van der Waals surface area contributed by atoms with Crippen LogP contribution in [-0.2, 0) is 11.0 Å². The van der Waals surface area contributed by atoms with E-state index < -0.39 is 11.7 Å². The van der Waals surface area contributed by atoms with Gasteiger partial charge in [0.2, 0.25) is 5.91 Å². The molecule has 2 aromatic rings. The van der Waals surface area contributed by atoms with Crippen molar-refractivity contribution in [3.8, 4) is 0 Å². The average molecular weight is 449 g/mol. The van der Waals surface area contributed by atoms with Crippen LogP contribution < -0.4 is 10.2 Å². The molecule has 32 heavy (non-hydrogen) atoms. The highest BCUT2D eigenvalue weighted by Gasteiger charge is 2.31. The van der Waals surface area contributed by atoms with E-state index in [0.29, 0.717) is 43.8 Å². The van der Waals surface area contributed by atoms with Crippen LogP contribution in [0.1, 0.15) is 56.2 Å². The number of aromatic nitrogens is 1. The minimum Gasteiger partial charge on any atom is -0.354 e. The van der Waals surface area contributed by atoms with Gasteiger partial charge in [-0.2, -0.15) is 13.2 Å². The van der Waals surface area contributed by atoms with Gasteiger partial charge in [-0.3, -0.25) is 9.69 Å².